The molecule has 1 N–H and O–H groups in total. The van der Waals surface area contributed by atoms with Crippen molar-refractivity contribution in [3.8, 4) is 0 Å². The van der Waals surface area contributed by atoms with Crippen molar-refractivity contribution in [1.29, 1.82) is 0 Å². The van der Waals surface area contributed by atoms with Crippen LogP contribution in [0.25, 0.3) is 0 Å². The zero-order valence-electron chi connectivity index (χ0n) is 8.95. The van der Waals surface area contributed by atoms with E-state index < -0.39 is 12.5 Å². The van der Waals surface area contributed by atoms with Gasteiger partial charge in [0.2, 0.25) is 0 Å². The topological polar surface area (TPSA) is 42.7 Å². The fourth-order valence-electron chi connectivity index (χ4n) is 1.36. The number of rotatable bonds is 6. The number of aryl methyl sites for hydroxylation is 1. The molecule has 1 aromatic rings. The maximum absolute atomic E-state index is 12.5. The van der Waals surface area contributed by atoms with Crippen molar-refractivity contribution in [2.75, 3.05) is 7.05 Å². The predicted molar refractivity (Wildman–Crippen MR) is 52.9 cm³/mol. The molecule has 1 atom stereocenters. The third kappa shape index (κ3) is 3.23. The normalized spacial score (nSPS) is 13.4. The smallest absolute Gasteiger partial charge is 0.254 e. The molecule has 0 saturated heterocycles. The summed E-state index contributed by atoms with van der Waals surface area (Å²) in [5.41, 5.74) is 0. The molecule has 15 heavy (non-hydrogen) atoms. The third-order valence-electron chi connectivity index (χ3n) is 2.21. The van der Waals surface area contributed by atoms with Crippen molar-refractivity contribution in [2.45, 2.75) is 38.8 Å². The second-order valence-electron chi connectivity index (χ2n) is 3.33. The van der Waals surface area contributed by atoms with E-state index in [2.05, 4.69) is 15.4 Å². The molecular weight excluding hydrogens is 202 g/mol. The second-order valence-corrected chi connectivity index (χ2v) is 3.33. The first kappa shape index (κ1) is 12.0. The molecule has 0 aromatic carbocycles. The monoisotopic (exact) mass is 218 g/mol. The summed E-state index contributed by atoms with van der Waals surface area (Å²) < 4.78 is 26.7. The second kappa shape index (κ2) is 5.75. The maximum atomic E-state index is 12.5. The summed E-state index contributed by atoms with van der Waals surface area (Å²) in [6, 6.07) is -0.857. The lowest BCUT2D eigenvalue weighted by Crippen LogP contribution is -2.35. The number of nitrogens with one attached hydrogen (secondary N) is 1. The molecule has 6 heteroatoms. The van der Waals surface area contributed by atoms with Crippen molar-refractivity contribution < 1.29 is 8.78 Å². The van der Waals surface area contributed by atoms with Gasteiger partial charge in [0.1, 0.15) is 12.2 Å². The van der Waals surface area contributed by atoms with Crippen molar-refractivity contribution in [3.63, 3.8) is 0 Å². The molecule has 1 rings (SSSR count). The van der Waals surface area contributed by atoms with E-state index in [1.807, 2.05) is 6.92 Å². The van der Waals surface area contributed by atoms with Crippen molar-refractivity contribution in [3.05, 3.63) is 12.2 Å². The van der Waals surface area contributed by atoms with Crippen LogP contribution in [0.4, 0.5) is 8.78 Å². The molecule has 4 nitrogen and oxygen atoms in total. The Bertz CT molecular complexity index is 287. The van der Waals surface area contributed by atoms with Crippen molar-refractivity contribution in [2.24, 2.45) is 0 Å². The summed E-state index contributed by atoms with van der Waals surface area (Å²) >= 11 is 0. The van der Waals surface area contributed by atoms with Crippen LogP contribution in [-0.2, 0) is 13.0 Å². The number of halogens is 2. The highest BCUT2D eigenvalue weighted by molar-refractivity contribution is 4.90. The fourth-order valence-corrected chi connectivity index (χ4v) is 1.36. The standard InChI is InChI=1S/C9H16F2N4/c1-3-4-15-8(13-6-14-15)5-7(12-2)9(10)11/h6-7,9,12H,3-5H2,1-2H3. The van der Waals surface area contributed by atoms with E-state index in [0.717, 1.165) is 13.0 Å². The molecule has 0 aliphatic heterocycles. The summed E-state index contributed by atoms with van der Waals surface area (Å²) in [4.78, 5) is 3.98. The summed E-state index contributed by atoms with van der Waals surface area (Å²) in [5.74, 6) is 0.608. The highest BCUT2D eigenvalue weighted by Gasteiger charge is 2.20. The van der Waals surface area contributed by atoms with Crippen LogP contribution >= 0.6 is 0 Å². The predicted octanol–water partition coefficient (Wildman–Crippen LogP) is 1.08. The van der Waals surface area contributed by atoms with Gasteiger partial charge in [0.15, 0.2) is 0 Å². The summed E-state index contributed by atoms with van der Waals surface area (Å²) in [5, 5.41) is 6.56. The van der Waals surface area contributed by atoms with Gasteiger partial charge in [-0.15, -0.1) is 0 Å². The fraction of sp³-hybridized carbons (Fsp3) is 0.778. The van der Waals surface area contributed by atoms with Gasteiger partial charge in [-0.25, -0.2) is 13.8 Å². The van der Waals surface area contributed by atoms with Crippen LogP contribution < -0.4 is 5.32 Å². The van der Waals surface area contributed by atoms with Crippen LogP contribution in [0.15, 0.2) is 6.33 Å². The van der Waals surface area contributed by atoms with Gasteiger partial charge in [-0.1, -0.05) is 6.92 Å². The maximum Gasteiger partial charge on any atom is 0.254 e. The molecule has 86 valence electrons. The van der Waals surface area contributed by atoms with E-state index in [4.69, 9.17) is 0 Å². The van der Waals surface area contributed by atoms with E-state index in [9.17, 15) is 8.78 Å². The molecule has 1 heterocycles. The molecule has 0 fully saturated rings. The Balaban J connectivity index is 2.65. The Morgan fingerprint density at radius 3 is 2.80 bits per heavy atom. The average Bonchev–Trinajstić information content (AvgIpc) is 2.62. The number of nitrogens with zero attached hydrogens (tertiary/aromatic N) is 3. The van der Waals surface area contributed by atoms with E-state index in [0.29, 0.717) is 5.82 Å². The zero-order valence-corrected chi connectivity index (χ0v) is 8.95. The first-order valence-corrected chi connectivity index (χ1v) is 5.01. The molecule has 0 aliphatic carbocycles. The minimum atomic E-state index is -2.39. The molecule has 0 spiro atoms. The van der Waals surface area contributed by atoms with Gasteiger partial charge in [-0.05, 0) is 13.5 Å². The molecule has 1 unspecified atom stereocenters. The third-order valence-corrected chi connectivity index (χ3v) is 2.21. The largest absolute Gasteiger partial charge is 0.312 e. The van der Waals surface area contributed by atoms with Gasteiger partial charge >= 0.3 is 0 Å². The van der Waals surface area contributed by atoms with Crippen molar-refractivity contribution >= 4 is 0 Å². The summed E-state index contributed by atoms with van der Waals surface area (Å²) in [6.45, 7) is 2.73. The number of hydrogen-bond acceptors (Lipinski definition) is 3. The van der Waals surface area contributed by atoms with Crippen LogP contribution in [0.5, 0.6) is 0 Å². The number of likely N-dealkylation sites (N-methyl/N-ethyl adjacent to an activating group) is 1. The lowest BCUT2D eigenvalue weighted by molar-refractivity contribution is 0.100. The van der Waals surface area contributed by atoms with E-state index >= 15 is 0 Å². The highest BCUT2D eigenvalue weighted by Crippen LogP contribution is 2.07. The first-order chi connectivity index (χ1) is 7.19. The Morgan fingerprint density at radius 1 is 1.53 bits per heavy atom. The average molecular weight is 218 g/mol. The van der Waals surface area contributed by atoms with Crippen LogP contribution in [-0.4, -0.2) is 34.3 Å². The Kier molecular flexibility index (Phi) is 4.61. The molecular formula is C9H16F2N4. The van der Waals surface area contributed by atoms with Crippen LogP contribution in [0, 0.1) is 0 Å². The van der Waals surface area contributed by atoms with Gasteiger partial charge < -0.3 is 5.32 Å². The van der Waals surface area contributed by atoms with Crippen LogP contribution in [0.3, 0.4) is 0 Å². The summed E-state index contributed by atoms with van der Waals surface area (Å²) in [6.07, 6.45) is 0.133. The van der Waals surface area contributed by atoms with Gasteiger partial charge in [0, 0.05) is 13.0 Å². The van der Waals surface area contributed by atoms with Gasteiger partial charge in [0.05, 0.1) is 6.04 Å². The zero-order chi connectivity index (χ0) is 11.3. The molecule has 0 aliphatic rings. The van der Waals surface area contributed by atoms with E-state index in [-0.39, 0.29) is 6.42 Å². The Labute approximate surface area is 87.7 Å². The Morgan fingerprint density at radius 2 is 2.27 bits per heavy atom. The first-order valence-electron chi connectivity index (χ1n) is 5.01. The lowest BCUT2D eigenvalue weighted by Gasteiger charge is -2.14. The Hall–Kier alpha value is -1.04. The minimum Gasteiger partial charge on any atom is -0.312 e. The summed E-state index contributed by atoms with van der Waals surface area (Å²) in [7, 11) is 1.53. The van der Waals surface area contributed by atoms with Gasteiger partial charge in [0.25, 0.3) is 6.43 Å². The SMILES string of the molecule is CCCn1ncnc1CC(NC)C(F)F. The highest BCUT2D eigenvalue weighted by atomic mass is 19.3. The number of hydrogen-bond donors (Lipinski definition) is 1. The molecule has 0 amide bonds. The number of alkyl halides is 2. The molecule has 0 saturated carbocycles. The van der Waals surface area contributed by atoms with Gasteiger partial charge in [-0.3, -0.25) is 4.68 Å². The van der Waals surface area contributed by atoms with E-state index in [1.54, 1.807) is 4.68 Å². The molecule has 0 radical (unpaired) electrons. The number of aromatic nitrogens is 3. The van der Waals surface area contributed by atoms with Crippen molar-refractivity contribution in [1.82, 2.24) is 20.1 Å². The minimum absolute atomic E-state index is 0.203. The quantitative estimate of drug-likeness (QED) is 0.777. The molecule has 1 aromatic heterocycles. The van der Waals surface area contributed by atoms with Crippen LogP contribution in [0.2, 0.25) is 0 Å². The van der Waals surface area contributed by atoms with Crippen LogP contribution in [0.1, 0.15) is 19.2 Å². The molecule has 0 bridgehead atoms. The lowest BCUT2D eigenvalue weighted by atomic mass is 10.2. The van der Waals surface area contributed by atoms with E-state index in [1.165, 1.54) is 13.4 Å². The van der Waals surface area contributed by atoms with Gasteiger partial charge in [-0.2, -0.15) is 5.10 Å².